The van der Waals surface area contributed by atoms with Crippen LogP contribution in [-0.4, -0.2) is 11.3 Å². The summed E-state index contributed by atoms with van der Waals surface area (Å²) in [5, 5.41) is 1.06. The summed E-state index contributed by atoms with van der Waals surface area (Å²) < 4.78 is 46.1. The quantitative estimate of drug-likeness (QED) is 0.399. The highest BCUT2D eigenvalue weighted by molar-refractivity contribution is 6.31. The van der Waals surface area contributed by atoms with Crippen LogP contribution in [0.4, 0.5) is 13.2 Å². The molecule has 0 atom stereocenters. The number of fused-ring (bicyclic) bond motifs is 1. The minimum atomic E-state index is -4.74. The highest BCUT2D eigenvalue weighted by Crippen LogP contribution is 2.29. The molecule has 0 aliphatic heterocycles. The number of rotatable bonds is 4. The van der Waals surface area contributed by atoms with E-state index in [0.29, 0.717) is 33.1 Å². The van der Waals surface area contributed by atoms with Crippen LogP contribution >= 0.6 is 11.6 Å². The Hall–Kier alpha value is -3.45. The first-order valence-corrected chi connectivity index (χ1v) is 9.11. The van der Waals surface area contributed by atoms with Gasteiger partial charge in [-0.25, -0.2) is 0 Å². The summed E-state index contributed by atoms with van der Waals surface area (Å²) in [6.07, 6.45) is -4.74. The van der Waals surface area contributed by atoms with Crippen molar-refractivity contribution < 1.29 is 22.6 Å². The smallest absolute Gasteiger partial charge is 0.457 e. The number of ether oxygens (including phenoxy) is 2. The van der Waals surface area contributed by atoms with Crippen molar-refractivity contribution in [2.75, 3.05) is 0 Å². The number of aromatic amines is 1. The van der Waals surface area contributed by atoms with Crippen molar-refractivity contribution in [2.45, 2.75) is 6.36 Å². The third-order valence-corrected chi connectivity index (χ3v) is 4.49. The van der Waals surface area contributed by atoms with E-state index >= 15 is 0 Å². The van der Waals surface area contributed by atoms with E-state index in [1.807, 2.05) is 0 Å². The Balaban J connectivity index is 1.53. The summed E-state index contributed by atoms with van der Waals surface area (Å²) in [5.41, 5.74) is 1.88. The molecule has 4 nitrogen and oxygen atoms in total. The van der Waals surface area contributed by atoms with Gasteiger partial charge in [-0.3, -0.25) is 4.79 Å². The number of aromatic nitrogens is 1. The van der Waals surface area contributed by atoms with Crippen molar-refractivity contribution in [3.05, 3.63) is 88.0 Å². The van der Waals surface area contributed by atoms with E-state index in [4.69, 9.17) is 16.3 Å². The van der Waals surface area contributed by atoms with Gasteiger partial charge in [0.2, 0.25) is 0 Å². The fourth-order valence-corrected chi connectivity index (χ4v) is 3.10. The Labute approximate surface area is 173 Å². The predicted molar refractivity (Wildman–Crippen MR) is 108 cm³/mol. The summed E-state index contributed by atoms with van der Waals surface area (Å²) >= 11 is 6.01. The Morgan fingerprint density at radius 1 is 0.800 bits per heavy atom. The monoisotopic (exact) mass is 431 g/mol. The van der Waals surface area contributed by atoms with Crippen molar-refractivity contribution in [3.63, 3.8) is 0 Å². The van der Waals surface area contributed by atoms with Crippen molar-refractivity contribution in [3.8, 4) is 28.5 Å². The molecule has 0 amide bonds. The third kappa shape index (κ3) is 4.58. The maximum absolute atomic E-state index is 12.3. The summed E-state index contributed by atoms with van der Waals surface area (Å²) in [4.78, 5) is 15.5. The zero-order valence-electron chi connectivity index (χ0n) is 15.2. The fraction of sp³-hybridized carbons (Fsp3) is 0.0455. The third-order valence-electron chi connectivity index (χ3n) is 4.25. The molecule has 3 aromatic carbocycles. The molecule has 8 heteroatoms. The second-order valence-corrected chi connectivity index (χ2v) is 6.82. The molecule has 0 unspecified atom stereocenters. The standard InChI is InChI=1S/C22H13ClF3NO3/c23-14-3-10-18-20(11-14)27-19(12-21(18)28)13-1-4-15(5-2-13)29-16-6-8-17(9-7-16)30-22(24,25)26/h1-12H,(H,27,28). The maximum Gasteiger partial charge on any atom is 0.573 e. The SMILES string of the molecule is O=c1cc(-c2ccc(Oc3ccc(OC(F)(F)F)cc3)cc2)[nH]c2cc(Cl)ccc12. The largest absolute Gasteiger partial charge is 0.573 e. The number of nitrogens with one attached hydrogen (secondary N) is 1. The molecule has 4 rings (SSSR count). The average Bonchev–Trinajstić information content (AvgIpc) is 2.68. The molecular formula is C22H13ClF3NO3. The second kappa shape index (κ2) is 7.76. The average molecular weight is 432 g/mol. The van der Waals surface area contributed by atoms with E-state index < -0.39 is 6.36 Å². The molecule has 152 valence electrons. The van der Waals surface area contributed by atoms with Crippen LogP contribution in [0.5, 0.6) is 17.2 Å². The molecule has 30 heavy (non-hydrogen) atoms. The molecule has 1 N–H and O–H groups in total. The van der Waals surface area contributed by atoms with Crippen LogP contribution in [0, 0.1) is 0 Å². The molecule has 0 aliphatic rings. The normalized spacial score (nSPS) is 11.5. The lowest BCUT2D eigenvalue weighted by Gasteiger charge is -2.10. The number of pyridine rings is 1. The first-order chi connectivity index (χ1) is 14.3. The van der Waals surface area contributed by atoms with Crippen LogP contribution in [0.1, 0.15) is 0 Å². The Bertz CT molecular complexity index is 1250. The van der Waals surface area contributed by atoms with Crippen LogP contribution in [0.2, 0.25) is 5.02 Å². The zero-order chi connectivity index (χ0) is 21.3. The van der Waals surface area contributed by atoms with Gasteiger partial charge in [0.15, 0.2) is 5.43 Å². The number of hydrogen-bond donors (Lipinski definition) is 1. The Kier molecular flexibility index (Phi) is 5.13. The first kappa shape index (κ1) is 19.8. The Morgan fingerprint density at radius 2 is 1.40 bits per heavy atom. The van der Waals surface area contributed by atoms with Gasteiger partial charge in [-0.2, -0.15) is 0 Å². The molecule has 0 saturated heterocycles. The molecular weight excluding hydrogens is 419 g/mol. The van der Waals surface area contributed by atoms with E-state index in [1.165, 1.54) is 30.3 Å². The number of halogens is 4. The van der Waals surface area contributed by atoms with Gasteiger partial charge in [-0.05, 0) is 72.3 Å². The molecule has 1 aromatic heterocycles. The molecule has 0 fully saturated rings. The van der Waals surface area contributed by atoms with Gasteiger partial charge in [-0.1, -0.05) is 11.6 Å². The molecule has 0 bridgehead atoms. The molecule has 0 spiro atoms. The van der Waals surface area contributed by atoms with Gasteiger partial charge in [0.25, 0.3) is 0 Å². The first-order valence-electron chi connectivity index (χ1n) is 8.73. The van der Waals surface area contributed by atoms with Gasteiger partial charge in [-0.15, -0.1) is 13.2 Å². The minimum Gasteiger partial charge on any atom is -0.457 e. The maximum atomic E-state index is 12.3. The van der Waals surface area contributed by atoms with Crippen molar-refractivity contribution in [2.24, 2.45) is 0 Å². The predicted octanol–water partition coefficient (Wildman–Crippen LogP) is 6.54. The number of hydrogen-bond acceptors (Lipinski definition) is 3. The van der Waals surface area contributed by atoms with Crippen molar-refractivity contribution >= 4 is 22.5 Å². The van der Waals surface area contributed by atoms with E-state index in [1.54, 1.807) is 42.5 Å². The van der Waals surface area contributed by atoms with Crippen LogP contribution < -0.4 is 14.9 Å². The molecule has 0 radical (unpaired) electrons. The number of alkyl halides is 3. The van der Waals surface area contributed by atoms with Gasteiger partial charge < -0.3 is 14.5 Å². The van der Waals surface area contributed by atoms with Gasteiger partial charge >= 0.3 is 6.36 Å². The molecule has 4 aromatic rings. The van der Waals surface area contributed by atoms with Gasteiger partial charge in [0, 0.05) is 22.2 Å². The lowest BCUT2D eigenvalue weighted by atomic mass is 10.1. The molecule has 0 aliphatic carbocycles. The van der Waals surface area contributed by atoms with E-state index in [0.717, 1.165) is 5.56 Å². The lowest BCUT2D eigenvalue weighted by molar-refractivity contribution is -0.274. The van der Waals surface area contributed by atoms with Crippen LogP contribution in [0.3, 0.4) is 0 Å². The summed E-state index contributed by atoms with van der Waals surface area (Å²) in [7, 11) is 0. The topological polar surface area (TPSA) is 51.3 Å². The van der Waals surface area contributed by atoms with Crippen LogP contribution in [0.15, 0.2) is 77.6 Å². The number of H-pyrrole nitrogens is 1. The minimum absolute atomic E-state index is 0.128. The van der Waals surface area contributed by atoms with E-state index in [-0.39, 0.29) is 11.2 Å². The fourth-order valence-electron chi connectivity index (χ4n) is 2.93. The van der Waals surface area contributed by atoms with E-state index in [2.05, 4.69) is 9.72 Å². The van der Waals surface area contributed by atoms with E-state index in [9.17, 15) is 18.0 Å². The zero-order valence-corrected chi connectivity index (χ0v) is 15.9. The highest BCUT2D eigenvalue weighted by atomic mass is 35.5. The summed E-state index contributed by atoms with van der Waals surface area (Å²) in [5.74, 6) is 0.506. The highest BCUT2D eigenvalue weighted by Gasteiger charge is 2.30. The van der Waals surface area contributed by atoms with Crippen molar-refractivity contribution in [1.82, 2.24) is 4.98 Å². The van der Waals surface area contributed by atoms with Gasteiger partial charge in [0.1, 0.15) is 17.2 Å². The summed E-state index contributed by atoms with van der Waals surface area (Å²) in [6.45, 7) is 0. The Morgan fingerprint density at radius 3 is 2.03 bits per heavy atom. The van der Waals surface area contributed by atoms with Crippen LogP contribution in [0.25, 0.3) is 22.2 Å². The number of benzene rings is 3. The molecule has 1 heterocycles. The lowest BCUT2D eigenvalue weighted by Crippen LogP contribution is -2.16. The van der Waals surface area contributed by atoms with Gasteiger partial charge in [0.05, 0.1) is 5.52 Å². The van der Waals surface area contributed by atoms with Crippen molar-refractivity contribution in [1.29, 1.82) is 0 Å². The summed E-state index contributed by atoms with van der Waals surface area (Å²) in [6, 6.07) is 18.5. The molecule has 0 saturated carbocycles. The van der Waals surface area contributed by atoms with Crippen LogP contribution in [-0.2, 0) is 0 Å². The second-order valence-electron chi connectivity index (χ2n) is 6.38.